The number of carbonyl (C=O) groups excluding carboxylic acids is 2. The first-order valence-corrected chi connectivity index (χ1v) is 11.4. The number of H-pyrrole nitrogens is 1. The summed E-state index contributed by atoms with van der Waals surface area (Å²) in [4.78, 5) is 36.2. The minimum atomic E-state index is -0.565. The van der Waals surface area contributed by atoms with Gasteiger partial charge >= 0.3 is 0 Å². The summed E-state index contributed by atoms with van der Waals surface area (Å²) < 4.78 is 10.9. The Labute approximate surface area is 202 Å². The number of methoxy groups -OCH3 is 2. The molecule has 1 aromatic heterocycles. The zero-order valence-electron chi connectivity index (χ0n) is 19.5. The van der Waals surface area contributed by atoms with Crippen molar-refractivity contribution in [3.8, 4) is 11.5 Å². The van der Waals surface area contributed by atoms with Crippen LogP contribution in [-0.4, -0.2) is 36.0 Å². The third-order valence-electron chi connectivity index (χ3n) is 6.37. The number of imidazole rings is 1. The van der Waals surface area contributed by atoms with Crippen LogP contribution in [0.4, 0.5) is 11.6 Å². The fourth-order valence-corrected chi connectivity index (χ4v) is 4.70. The summed E-state index contributed by atoms with van der Waals surface area (Å²) in [5.74, 6) is 0.880. The van der Waals surface area contributed by atoms with Crippen LogP contribution in [0.3, 0.4) is 0 Å². The van der Waals surface area contributed by atoms with Gasteiger partial charge in [-0.05, 0) is 48.9 Å². The Hall–Kier alpha value is -4.33. The van der Waals surface area contributed by atoms with E-state index in [0.717, 1.165) is 16.6 Å². The molecule has 0 aliphatic carbocycles. The number of hydrogen-bond donors (Lipinski definition) is 2. The van der Waals surface area contributed by atoms with Crippen LogP contribution in [0.2, 0.25) is 0 Å². The molecule has 2 amide bonds. The Morgan fingerprint density at radius 1 is 1.00 bits per heavy atom. The molecule has 8 nitrogen and oxygen atoms in total. The molecule has 0 radical (unpaired) electrons. The van der Waals surface area contributed by atoms with Crippen LogP contribution in [-0.2, 0) is 9.59 Å². The van der Waals surface area contributed by atoms with E-state index < -0.39 is 12.0 Å². The third kappa shape index (κ3) is 4.30. The molecule has 35 heavy (non-hydrogen) atoms. The fraction of sp³-hybridized carbons (Fsp3) is 0.222. The topological polar surface area (TPSA) is 96.5 Å². The van der Waals surface area contributed by atoms with Crippen molar-refractivity contribution < 1.29 is 19.1 Å². The van der Waals surface area contributed by atoms with Crippen molar-refractivity contribution >= 4 is 34.5 Å². The first-order valence-electron chi connectivity index (χ1n) is 11.4. The molecule has 0 unspecified atom stereocenters. The number of aromatic nitrogens is 2. The van der Waals surface area contributed by atoms with Crippen molar-refractivity contribution in [2.45, 2.75) is 18.9 Å². The highest BCUT2D eigenvalue weighted by Gasteiger charge is 2.42. The van der Waals surface area contributed by atoms with Gasteiger partial charge in [-0.2, -0.15) is 0 Å². The molecule has 2 heterocycles. The van der Waals surface area contributed by atoms with Gasteiger partial charge in [-0.25, -0.2) is 4.98 Å². The maximum Gasteiger partial charge on any atom is 0.232 e. The highest BCUT2D eigenvalue weighted by atomic mass is 16.5. The van der Waals surface area contributed by atoms with Gasteiger partial charge < -0.3 is 19.4 Å². The van der Waals surface area contributed by atoms with Gasteiger partial charge in [-0.3, -0.25) is 14.9 Å². The molecule has 1 fully saturated rings. The van der Waals surface area contributed by atoms with Crippen molar-refractivity contribution in [3.05, 3.63) is 78.4 Å². The van der Waals surface area contributed by atoms with E-state index >= 15 is 0 Å². The molecule has 178 valence electrons. The van der Waals surface area contributed by atoms with Crippen molar-refractivity contribution in [2.24, 2.45) is 5.92 Å². The van der Waals surface area contributed by atoms with E-state index in [2.05, 4.69) is 15.3 Å². The predicted octanol–water partition coefficient (Wildman–Crippen LogP) is 4.70. The molecule has 0 bridgehead atoms. The molecule has 1 saturated heterocycles. The Bertz CT molecular complexity index is 1330. The van der Waals surface area contributed by atoms with Crippen LogP contribution in [0.25, 0.3) is 11.0 Å². The van der Waals surface area contributed by atoms with E-state index in [0.29, 0.717) is 29.6 Å². The fourth-order valence-electron chi connectivity index (χ4n) is 4.70. The second-order valence-electron chi connectivity index (χ2n) is 8.39. The Morgan fingerprint density at radius 3 is 2.49 bits per heavy atom. The molecule has 1 aliphatic rings. The summed E-state index contributed by atoms with van der Waals surface area (Å²) in [7, 11) is 3.18. The van der Waals surface area contributed by atoms with Crippen LogP contribution in [0.5, 0.6) is 11.5 Å². The minimum Gasteiger partial charge on any atom is -0.497 e. The summed E-state index contributed by atoms with van der Waals surface area (Å²) in [6.45, 7) is 0. The average molecular weight is 471 g/mol. The second kappa shape index (κ2) is 9.50. The number of carbonyl (C=O) groups is 2. The number of para-hydroxylation sites is 3. The maximum atomic E-state index is 13.6. The molecule has 0 saturated carbocycles. The van der Waals surface area contributed by atoms with Gasteiger partial charge in [-0.1, -0.05) is 30.3 Å². The Balaban J connectivity index is 1.55. The molecule has 2 N–H and O–H groups in total. The van der Waals surface area contributed by atoms with Gasteiger partial charge in [0.2, 0.25) is 17.8 Å². The summed E-state index contributed by atoms with van der Waals surface area (Å²) in [5, 5.41) is 2.94. The Kier molecular flexibility index (Phi) is 6.10. The van der Waals surface area contributed by atoms with Crippen LogP contribution < -0.4 is 19.7 Å². The number of rotatable bonds is 6. The number of benzene rings is 3. The van der Waals surface area contributed by atoms with E-state index in [4.69, 9.17) is 9.47 Å². The van der Waals surface area contributed by atoms with Gasteiger partial charge in [0.1, 0.15) is 11.5 Å². The van der Waals surface area contributed by atoms with Crippen molar-refractivity contribution in [1.82, 2.24) is 9.97 Å². The Morgan fingerprint density at radius 2 is 1.74 bits per heavy atom. The number of hydrogen-bond acceptors (Lipinski definition) is 5. The monoisotopic (exact) mass is 470 g/mol. The highest BCUT2D eigenvalue weighted by molar-refractivity contribution is 6.00. The van der Waals surface area contributed by atoms with E-state index in [1.807, 2.05) is 60.7 Å². The normalized spacial score (nSPS) is 17.9. The number of aromatic amines is 1. The van der Waals surface area contributed by atoms with E-state index in [9.17, 15) is 9.59 Å². The first kappa shape index (κ1) is 22.5. The molecule has 1 aliphatic heterocycles. The summed E-state index contributed by atoms with van der Waals surface area (Å²) in [5.41, 5.74) is 3.06. The number of anilines is 2. The zero-order chi connectivity index (χ0) is 24.4. The first-order chi connectivity index (χ1) is 17.1. The number of piperidine rings is 1. The molecule has 5 rings (SSSR count). The lowest BCUT2D eigenvalue weighted by molar-refractivity contribution is -0.126. The van der Waals surface area contributed by atoms with Gasteiger partial charge in [0, 0.05) is 17.7 Å². The van der Waals surface area contributed by atoms with E-state index in [1.54, 1.807) is 31.3 Å². The van der Waals surface area contributed by atoms with Crippen LogP contribution >= 0.6 is 0 Å². The molecule has 8 heteroatoms. The van der Waals surface area contributed by atoms with Gasteiger partial charge in [0.25, 0.3) is 0 Å². The van der Waals surface area contributed by atoms with Crippen molar-refractivity contribution in [3.63, 3.8) is 0 Å². The largest absolute Gasteiger partial charge is 0.497 e. The average Bonchev–Trinajstić information content (AvgIpc) is 3.30. The number of nitrogens with zero attached hydrogens (tertiary/aromatic N) is 2. The maximum absolute atomic E-state index is 13.6. The van der Waals surface area contributed by atoms with E-state index in [1.165, 1.54) is 0 Å². The van der Waals surface area contributed by atoms with Gasteiger partial charge in [0.15, 0.2) is 0 Å². The SMILES string of the molecule is COc1ccc(N2C(=O)CC[C@H](C(=O)Nc3nc4ccccc4[nH]3)[C@@H]2c2ccccc2OC)cc1. The molecule has 2 atom stereocenters. The van der Waals surface area contributed by atoms with Gasteiger partial charge in [0.05, 0.1) is 37.2 Å². The van der Waals surface area contributed by atoms with Crippen molar-refractivity contribution in [1.29, 1.82) is 0 Å². The lowest BCUT2D eigenvalue weighted by Crippen LogP contribution is -2.47. The predicted molar refractivity (Wildman–Crippen MR) is 134 cm³/mol. The van der Waals surface area contributed by atoms with Crippen LogP contribution in [0.1, 0.15) is 24.4 Å². The summed E-state index contributed by atoms with van der Waals surface area (Å²) in [6.07, 6.45) is 0.649. The number of ether oxygens (including phenoxy) is 2. The number of fused-ring (bicyclic) bond motifs is 1. The summed E-state index contributed by atoms with van der Waals surface area (Å²) in [6, 6.07) is 21.8. The smallest absolute Gasteiger partial charge is 0.232 e. The lowest BCUT2D eigenvalue weighted by Gasteiger charge is -2.41. The minimum absolute atomic E-state index is 0.0566. The van der Waals surface area contributed by atoms with Crippen molar-refractivity contribution in [2.75, 3.05) is 24.4 Å². The molecular weight excluding hydrogens is 444 g/mol. The summed E-state index contributed by atoms with van der Waals surface area (Å²) >= 11 is 0. The van der Waals surface area contributed by atoms with Crippen LogP contribution in [0, 0.1) is 5.92 Å². The molecule has 4 aromatic rings. The molecule has 3 aromatic carbocycles. The third-order valence-corrected chi connectivity index (χ3v) is 6.37. The highest BCUT2D eigenvalue weighted by Crippen LogP contribution is 2.43. The standard InChI is InChI=1S/C27H26N4O4/c1-34-18-13-11-17(12-14-18)31-24(32)16-15-20(25(31)19-7-3-6-10-23(19)35-2)26(33)30-27-28-21-8-4-5-9-22(21)29-27/h3-14,20,25H,15-16H2,1-2H3,(H2,28,29,30,33)/t20-,25-/m0/s1. The quantitative estimate of drug-likeness (QED) is 0.426. The lowest BCUT2D eigenvalue weighted by atomic mass is 9.82. The molecule has 0 spiro atoms. The molecular formula is C27H26N4O4. The number of nitrogens with one attached hydrogen (secondary N) is 2. The van der Waals surface area contributed by atoms with Gasteiger partial charge in [-0.15, -0.1) is 0 Å². The zero-order valence-corrected chi connectivity index (χ0v) is 19.5. The van der Waals surface area contributed by atoms with E-state index in [-0.39, 0.29) is 18.2 Å². The van der Waals surface area contributed by atoms with Crippen LogP contribution in [0.15, 0.2) is 72.8 Å². The number of amides is 2. The second-order valence-corrected chi connectivity index (χ2v) is 8.39.